The lowest BCUT2D eigenvalue weighted by atomic mass is 9.92. The van der Waals surface area contributed by atoms with E-state index in [2.05, 4.69) is 17.3 Å². The Bertz CT molecular complexity index is 409. The summed E-state index contributed by atoms with van der Waals surface area (Å²) in [6.07, 6.45) is 8.47. The highest BCUT2D eigenvalue weighted by Gasteiger charge is 2.28. The molecule has 1 fully saturated rings. The Balaban J connectivity index is 1.70. The van der Waals surface area contributed by atoms with E-state index in [1.165, 1.54) is 43.4 Å². The molecule has 1 aliphatic carbocycles. The van der Waals surface area contributed by atoms with Crippen LogP contribution < -0.4 is 5.32 Å². The van der Waals surface area contributed by atoms with Gasteiger partial charge in [0.15, 0.2) is 0 Å². The lowest BCUT2D eigenvalue weighted by Crippen LogP contribution is -2.40. The maximum Gasteiger partial charge on any atom is 0.0726 e. The van der Waals surface area contributed by atoms with Gasteiger partial charge in [0.2, 0.25) is 0 Å². The monoisotopic (exact) mass is 249 g/mol. The summed E-state index contributed by atoms with van der Waals surface area (Å²) in [6, 6.07) is 0.894. The van der Waals surface area contributed by atoms with Crippen molar-refractivity contribution in [2.24, 2.45) is 7.05 Å². The van der Waals surface area contributed by atoms with Crippen LogP contribution in [0.4, 0.5) is 0 Å². The second-order valence-corrected chi connectivity index (χ2v) is 5.62. The summed E-state index contributed by atoms with van der Waals surface area (Å²) in [6.45, 7) is 3.18. The zero-order valence-corrected chi connectivity index (χ0v) is 11.4. The van der Waals surface area contributed by atoms with Crippen LogP contribution in [0.25, 0.3) is 0 Å². The minimum atomic E-state index is 0.395. The maximum absolute atomic E-state index is 5.77. The Morgan fingerprint density at radius 2 is 2.33 bits per heavy atom. The van der Waals surface area contributed by atoms with E-state index in [1.807, 2.05) is 17.9 Å². The molecule has 3 atom stereocenters. The van der Waals surface area contributed by atoms with Crippen molar-refractivity contribution in [1.29, 1.82) is 0 Å². The van der Waals surface area contributed by atoms with Crippen LogP contribution in [0, 0.1) is 0 Å². The highest BCUT2D eigenvalue weighted by Crippen LogP contribution is 2.30. The van der Waals surface area contributed by atoms with Crippen LogP contribution in [0.3, 0.4) is 0 Å². The molecule has 0 aromatic carbocycles. The Hall–Kier alpha value is -0.870. The zero-order chi connectivity index (χ0) is 12.5. The molecule has 3 rings (SSSR count). The van der Waals surface area contributed by atoms with Crippen molar-refractivity contribution in [3.63, 3.8) is 0 Å². The summed E-state index contributed by atoms with van der Waals surface area (Å²) < 4.78 is 7.79. The first-order chi connectivity index (χ1) is 8.75. The van der Waals surface area contributed by atoms with E-state index in [0.29, 0.717) is 18.2 Å². The molecule has 0 amide bonds. The molecular weight excluding hydrogens is 226 g/mol. The molecule has 1 aromatic rings. The lowest BCUT2D eigenvalue weighted by molar-refractivity contribution is 0.0787. The van der Waals surface area contributed by atoms with Crippen LogP contribution in [0.1, 0.15) is 49.9 Å². The van der Waals surface area contributed by atoms with Crippen molar-refractivity contribution >= 4 is 0 Å². The van der Waals surface area contributed by atoms with Crippen LogP contribution in [0.15, 0.2) is 6.20 Å². The number of ether oxygens (including phenoxy) is 1. The number of aromatic nitrogens is 2. The van der Waals surface area contributed by atoms with E-state index in [1.54, 1.807) is 0 Å². The van der Waals surface area contributed by atoms with Crippen molar-refractivity contribution in [2.75, 3.05) is 6.61 Å². The molecule has 3 unspecified atom stereocenters. The molecule has 0 bridgehead atoms. The topological polar surface area (TPSA) is 39.1 Å². The van der Waals surface area contributed by atoms with Gasteiger partial charge in [-0.15, -0.1) is 0 Å². The summed E-state index contributed by atoms with van der Waals surface area (Å²) in [7, 11) is 2.05. The molecule has 4 nitrogen and oxygen atoms in total. The first kappa shape index (κ1) is 12.2. The normalized spacial score (nSPS) is 29.2. The van der Waals surface area contributed by atoms with Gasteiger partial charge in [0, 0.05) is 37.0 Å². The number of fused-ring (bicyclic) bond motifs is 1. The molecule has 4 heteroatoms. The maximum atomic E-state index is 5.77. The number of hydrogen-bond donors (Lipinski definition) is 1. The highest BCUT2D eigenvalue weighted by atomic mass is 16.5. The number of nitrogens with one attached hydrogen (secondary N) is 1. The molecule has 0 radical (unpaired) electrons. The van der Waals surface area contributed by atoms with E-state index in [9.17, 15) is 0 Å². The molecule has 1 aliphatic heterocycles. The van der Waals surface area contributed by atoms with Gasteiger partial charge in [0.1, 0.15) is 0 Å². The van der Waals surface area contributed by atoms with Gasteiger partial charge < -0.3 is 10.1 Å². The Labute approximate surface area is 109 Å². The Kier molecular flexibility index (Phi) is 3.39. The Morgan fingerprint density at radius 3 is 3.11 bits per heavy atom. The SMILES string of the molecule is CC(NC1CCCc2c1cnn2C)C1CCCO1. The number of nitrogens with zero attached hydrogens (tertiary/aromatic N) is 2. The molecule has 0 spiro atoms. The van der Waals surface area contributed by atoms with E-state index in [-0.39, 0.29) is 0 Å². The van der Waals surface area contributed by atoms with Crippen molar-refractivity contribution in [2.45, 2.75) is 57.2 Å². The summed E-state index contributed by atoms with van der Waals surface area (Å²) in [5, 5.41) is 8.15. The molecule has 2 heterocycles. The van der Waals surface area contributed by atoms with Crippen molar-refractivity contribution in [1.82, 2.24) is 15.1 Å². The minimum Gasteiger partial charge on any atom is -0.377 e. The molecule has 18 heavy (non-hydrogen) atoms. The van der Waals surface area contributed by atoms with E-state index >= 15 is 0 Å². The second kappa shape index (κ2) is 5.02. The molecule has 1 aromatic heterocycles. The first-order valence-electron chi connectivity index (χ1n) is 7.14. The smallest absolute Gasteiger partial charge is 0.0726 e. The summed E-state index contributed by atoms with van der Waals surface area (Å²) in [5.74, 6) is 0. The molecule has 1 N–H and O–H groups in total. The van der Waals surface area contributed by atoms with Crippen LogP contribution in [0.5, 0.6) is 0 Å². The van der Waals surface area contributed by atoms with Crippen molar-refractivity contribution in [3.05, 3.63) is 17.5 Å². The first-order valence-corrected chi connectivity index (χ1v) is 7.14. The number of rotatable bonds is 3. The zero-order valence-electron chi connectivity index (χ0n) is 11.4. The van der Waals surface area contributed by atoms with Gasteiger partial charge in [-0.3, -0.25) is 4.68 Å². The van der Waals surface area contributed by atoms with Gasteiger partial charge in [0.25, 0.3) is 0 Å². The molecule has 2 aliphatic rings. The molecular formula is C14H23N3O. The quantitative estimate of drug-likeness (QED) is 0.890. The van der Waals surface area contributed by atoms with E-state index in [0.717, 1.165) is 6.61 Å². The third kappa shape index (κ3) is 2.19. The highest BCUT2D eigenvalue weighted by molar-refractivity contribution is 5.24. The number of hydrogen-bond acceptors (Lipinski definition) is 3. The molecule has 1 saturated heterocycles. The Morgan fingerprint density at radius 1 is 1.44 bits per heavy atom. The van der Waals surface area contributed by atoms with Crippen molar-refractivity contribution in [3.8, 4) is 0 Å². The van der Waals surface area contributed by atoms with E-state index < -0.39 is 0 Å². The molecule has 0 saturated carbocycles. The standard InChI is InChI=1S/C14H23N3O/c1-10(14-7-4-8-18-14)16-12-5-3-6-13-11(12)9-15-17(13)2/h9-10,12,14,16H,3-8H2,1-2H3. The summed E-state index contributed by atoms with van der Waals surface area (Å²) in [5.41, 5.74) is 2.80. The average molecular weight is 249 g/mol. The minimum absolute atomic E-state index is 0.395. The third-order valence-corrected chi connectivity index (χ3v) is 4.36. The molecule has 100 valence electrons. The largest absolute Gasteiger partial charge is 0.377 e. The second-order valence-electron chi connectivity index (χ2n) is 5.62. The van der Waals surface area contributed by atoms with Gasteiger partial charge >= 0.3 is 0 Å². The van der Waals surface area contributed by atoms with Crippen LogP contribution in [-0.4, -0.2) is 28.5 Å². The van der Waals surface area contributed by atoms with Gasteiger partial charge in [-0.05, 0) is 39.0 Å². The van der Waals surface area contributed by atoms with Gasteiger partial charge in [0.05, 0.1) is 12.3 Å². The predicted octanol–water partition coefficient (Wildman–Crippen LogP) is 1.95. The third-order valence-electron chi connectivity index (χ3n) is 4.36. The fourth-order valence-electron chi connectivity index (χ4n) is 3.30. The summed E-state index contributed by atoms with van der Waals surface area (Å²) in [4.78, 5) is 0. The van der Waals surface area contributed by atoms with Crippen LogP contribution >= 0.6 is 0 Å². The number of aryl methyl sites for hydroxylation is 1. The predicted molar refractivity (Wildman–Crippen MR) is 70.5 cm³/mol. The average Bonchev–Trinajstić information content (AvgIpc) is 3.00. The fourth-order valence-corrected chi connectivity index (χ4v) is 3.30. The van der Waals surface area contributed by atoms with Gasteiger partial charge in [-0.2, -0.15) is 5.10 Å². The van der Waals surface area contributed by atoms with Crippen LogP contribution in [-0.2, 0) is 18.2 Å². The van der Waals surface area contributed by atoms with Crippen LogP contribution in [0.2, 0.25) is 0 Å². The van der Waals surface area contributed by atoms with Crippen molar-refractivity contribution < 1.29 is 4.74 Å². The lowest BCUT2D eigenvalue weighted by Gasteiger charge is -2.29. The fraction of sp³-hybridized carbons (Fsp3) is 0.786. The summed E-state index contributed by atoms with van der Waals surface area (Å²) >= 11 is 0. The van der Waals surface area contributed by atoms with Gasteiger partial charge in [-0.25, -0.2) is 0 Å². The van der Waals surface area contributed by atoms with E-state index in [4.69, 9.17) is 4.74 Å². The van der Waals surface area contributed by atoms with Gasteiger partial charge in [-0.1, -0.05) is 0 Å².